The SMILES string of the molecule is c1n[nH]cc1-c1ccc2sc(N3CCOCC3)nc2n1. The van der Waals surface area contributed by atoms with Gasteiger partial charge in [-0.15, -0.1) is 0 Å². The van der Waals surface area contributed by atoms with Gasteiger partial charge in [0, 0.05) is 24.8 Å². The third kappa shape index (κ3) is 2.04. The highest BCUT2D eigenvalue weighted by Crippen LogP contribution is 2.29. The van der Waals surface area contributed by atoms with Gasteiger partial charge in [-0.25, -0.2) is 4.98 Å². The van der Waals surface area contributed by atoms with Crippen LogP contribution in [-0.2, 0) is 4.74 Å². The van der Waals surface area contributed by atoms with Gasteiger partial charge < -0.3 is 9.64 Å². The molecule has 3 aromatic rings. The molecule has 1 saturated heterocycles. The van der Waals surface area contributed by atoms with Gasteiger partial charge in [-0.05, 0) is 12.1 Å². The topological polar surface area (TPSA) is 66.9 Å². The minimum atomic E-state index is 0.767. The van der Waals surface area contributed by atoms with E-state index in [-0.39, 0.29) is 0 Å². The Morgan fingerprint density at radius 1 is 1.20 bits per heavy atom. The number of pyridine rings is 1. The Morgan fingerprint density at radius 3 is 2.90 bits per heavy atom. The molecule has 1 fully saturated rings. The molecule has 0 spiro atoms. The maximum atomic E-state index is 5.37. The number of aromatic amines is 1. The quantitative estimate of drug-likeness (QED) is 0.780. The number of rotatable bonds is 2. The number of ether oxygens (including phenoxy) is 1. The van der Waals surface area contributed by atoms with Gasteiger partial charge in [0.25, 0.3) is 0 Å². The zero-order valence-corrected chi connectivity index (χ0v) is 11.6. The van der Waals surface area contributed by atoms with E-state index in [0.29, 0.717) is 0 Å². The first-order valence-corrected chi connectivity index (χ1v) is 7.31. The Labute approximate surface area is 119 Å². The number of H-pyrrole nitrogens is 1. The Balaban J connectivity index is 1.72. The molecule has 3 aromatic heterocycles. The minimum Gasteiger partial charge on any atom is -0.378 e. The molecule has 1 aliphatic heterocycles. The number of fused-ring (bicyclic) bond motifs is 1. The summed E-state index contributed by atoms with van der Waals surface area (Å²) in [6.45, 7) is 3.33. The number of thiazole rings is 1. The lowest BCUT2D eigenvalue weighted by Gasteiger charge is -2.25. The van der Waals surface area contributed by atoms with Gasteiger partial charge >= 0.3 is 0 Å². The molecule has 0 amide bonds. The number of aromatic nitrogens is 4. The monoisotopic (exact) mass is 287 g/mol. The van der Waals surface area contributed by atoms with Crippen molar-refractivity contribution in [2.24, 2.45) is 0 Å². The van der Waals surface area contributed by atoms with Crippen molar-refractivity contribution in [1.29, 1.82) is 0 Å². The Bertz CT molecular complexity index is 718. The van der Waals surface area contributed by atoms with E-state index >= 15 is 0 Å². The molecule has 0 bridgehead atoms. The van der Waals surface area contributed by atoms with Crippen LogP contribution in [0, 0.1) is 0 Å². The van der Waals surface area contributed by atoms with Crippen molar-refractivity contribution < 1.29 is 4.74 Å². The molecule has 0 aromatic carbocycles. The first-order chi connectivity index (χ1) is 9.90. The van der Waals surface area contributed by atoms with Gasteiger partial charge in [-0.2, -0.15) is 10.1 Å². The fraction of sp³-hybridized carbons (Fsp3) is 0.308. The molecule has 0 radical (unpaired) electrons. The van der Waals surface area contributed by atoms with Crippen LogP contribution in [-0.4, -0.2) is 46.5 Å². The standard InChI is InChI=1S/C13H13N5OS/c1-2-11-12(16-10(1)9-7-14-15-8-9)17-13(20-11)18-3-5-19-6-4-18/h1-2,7-8H,3-6H2,(H,14,15). The molecule has 0 unspecified atom stereocenters. The molecule has 1 N–H and O–H groups in total. The Morgan fingerprint density at radius 2 is 2.10 bits per heavy atom. The zero-order chi connectivity index (χ0) is 13.4. The molecule has 1 aliphatic rings. The molecule has 4 heterocycles. The van der Waals surface area contributed by atoms with E-state index in [4.69, 9.17) is 4.74 Å². The molecular weight excluding hydrogens is 274 g/mol. The number of anilines is 1. The maximum Gasteiger partial charge on any atom is 0.188 e. The van der Waals surface area contributed by atoms with Crippen LogP contribution in [0.2, 0.25) is 0 Å². The highest BCUT2D eigenvalue weighted by Gasteiger charge is 2.16. The molecule has 0 atom stereocenters. The highest BCUT2D eigenvalue weighted by atomic mass is 32.1. The van der Waals surface area contributed by atoms with Gasteiger partial charge in [0.15, 0.2) is 10.8 Å². The van der Waals surface area contributed by atoms with Crippen molar-refractivity contribution in [3.05, 3.63) is 24.5 Å². The van der Waals surface area contributed by atoms with Crippen molar-refractivity contribution in [3.63, 3.8) is 0 Å². The molecule has 4 rings (SSSR count). The second kappa shape index (κ2) is 4.84. The Kier molecular flexibility index (Phi) is 2.86. The molecule has 0 aliphatic carbocycles. The highest BCUT2D eigenvalue weighted by molar-refractivity contribution is 7.22. The fourth-order valence-electron chi connectivity index (χ4n) is 2.25. The van der Waals surface area contributed by atoms with E-state index in [1.165, 1.54) is 0 Å². The summed E-state index contributed by atoms with van der Waals surface area (Å²) in [7, 11) is 0. The normalized spacial score (nSPS) is 15.9. The summed E-state index contributed by atoms with van der Waals surface area (Å²) in [6.07, 6.45) is 3.60. The summed E-state index contributed by atoms with van der Waals surface area (Å²) >= 11 is 1.68. The van der Waals surface area contributed by atoms with Gasteiger partial charge in [0.05, 0.1) is 29.8 Å². The number of hydrogen-bond donors (Lipinski definition) is 1. The van der Waals surface area contributed by atoms with E-state index in [9.17, 15) is 0 Å². The largest absolute Gasteiger partial charge is 0.378 e. The minimum absolute atomic E-state index is 0.767. The predicted octanol–water partition coefficient (Wildman–Crippen LogP) is 1.92. The van der Waals surface area contributed by atoms with Crippen LogP contribution < -0.4 is 4.90 Å². The first kappa shape index (κ1) is 11.8. The number of nitrogens with zero attached hydrogens (tertiary/aromatic N) is 4. The number of morpholine rings is 1. The van der Waals surface area contributed by atoms with Gasteiger partial charge in [-0.1, -0.05) is 11.3 Å². The average molecular weight is 287 g/mol. The summed E-state index contributed by atoms with van der Waals surface area (Å²) in [5, 5.41) is 7.78. The lowest BCUT2D eigenvalue weighted by atomic mass is 10.2. The predicted molar refractivity (Wildman–Crippen MR) is 78.0 cm³/mol. The van der Waals surface area contributed by atoms with E-state index in [1.807, 2.05) is 12.3 Å². The second-order valence-electron chi connectivity index (χ2n) is 4.60. The summed E-state index contributed by atoms with van der Waals surface area (Å²) in [5.74, 6) is 0. The van der Waals surface area contributed by atoms with E-state index in [0.717, 1.165) is 53.0 Å². The van der Waals surface area contributed by atoms with Gasteiger partial charge in [0.1, 0.15) is 0 Å². The number of hydrogen-bond acceptors (Lipinski definition) is 6. The molecule has 102 valence electrons. The third-order valence-electron chi connectivity index (χ3n) is 3.32. The summed E-state index contributed by atoms with van der Waals surface area (Å²) in [5.41, 5.74) is 2.67. The van der Waals surface area contributed by atoms with Crippen molar-refractivity contribution in [2.45, 2.75) is 0 Å². The molecule has 0 saturated carbocycles. The van der Waals surface area contributed by atoms with Crippen LogP contribution >= 0.6 is 11.3 Å². The fourth-order valence-corrected chi connectivity index (χ4v) is 3.21. The molecular formula is C13H13N5OS. The van der Waals surface area contributed by atoms with E-state index in [1.54, 1.807) is 17.5 Å². The lowest BCUT2D eigenvalue weighted by Crippen LogP contribution is -2.36. The van der Waals surface area contributed by atoms with Crippen molar-refractivity contribution in [2.75, 3.05) is 31.2 Å². The zero-order valence-electron chi connectivity index (χ0n) is 10.7. The van der Waals surface area contributed by atoms with Crippen molar-refractivity contribution >= 4 is 26.8 Å². The summed E-state index contributed by atoms with van der Waals surface area (Å²) < 4.78 is 6.48. The van der Waals surface area contributed by atoms with Crippen molar-refractivity contribution in [3.8, 4) is 11.3 Å². The van der Waals surface area contributed by atoms with Crippen molar-refractivity contribution in [1.82, 2.24) is 20.2 Å². The molecule has 20 heavy (non-hydrogen) atoms. The molecule has 7 heteroatoms. The van der Waals surface area contributed by atoms with Crippen LogP contribution in [0.4, 0.5) is 5.13 Å². The van der Waals surface area contributed by atoms with Crippen LogP contribution in [0.15, 0.2) is 24.5 Å². The second-order valence-corrected chi connectivity index (χ2v) is 5.61. The van der Waals surface area contributed by atoms with E-state index < -0.39 is 0 Å². The van der Waals surface area contributed by atoms with Crippen LogP contribution in [0.5, 0.6) is 0 Å². The van der Waals surface area contributed by atoms with E-state index in [2.05, 4.69) is 31.1 Å². The summed E-state index contributed by atoms with van der Waals surface area (Å²) in [6, 6.07) is 4.08. The van der Waals surface area contributed by atoms with Gasteiger partial charge in [0.2, 0.25) is 0 Å². The van der Waals surface area contributed by atoms with Crippen LogP contribution in [0.3, 0.4) is 0 Å². The summed E-state index contributed by atoms with van der Waals surface area (Å²) in [4.78, 5) is 11.5. The van der Waals surface area contributed by atoms with Crippen LogP contribution in [0.25, 0.3) is 21.6 Å². The first-order valence-electron chi connectivity index (χ1n) is 6.49. The number of nitrogens with one attached hydrogen (secondary N) is 1. The lowest BCUT2D eigenvalue weighted by molar-refractivity contribution is 0.122. The third-order valence-corrected chi connectivity index (χ3v) is 4.39. The van der Waals surface area contributed by atoms with Crippen LogP contribution in [0.1, 0.15) is 0 Å². The maximum absolute atomic E-state index is 5.37. The smallest absolute Gasteiger partial charge is 0.188 e. The molecule has 6 nitrogen and oxygen atoms in total. The van der Waals surface area contributed by atoms with Gasteiger partial charge in [-0.3, -0.25) is 5.10 Å². The average Bonchev–Trinajstić information content (AvgIpc) is 3.16. The Hall–Kier alpha value is -1.99.